The van der Waals surface area contributed by atoms with Gasteiger partial charge in [-0.3, -0.25) is 9.10 Å². The first kappa shape index (κ1) is 22.6. The average Bonchev–Trinajstić information content (AvgIpc) is 2.77. The molecule has 0 fully saturated rings. The maximum Gasteiger partial charge on any atom is 0.264 e. The second kappa shape index (κ2) is 9.80. The summed E-state index contributed by atoms with van der Waals surface area (Å²) in [4.78, 5) is 12.6. The maximum atomic E-state index is 13.3. The lowest BCUT2D eigenvalue weighted by Crippen LogP contribution is -2.40. The molecule has 0 heterocycles. The van der Waals surface area contributed by atoms with E-state index in [1.54, 1.807) is 30.3 Å². The number of nitrogens with one attached hydrogen (secondary N) is 1. The lowest BCUT2D eigenvalue weighted by molar-refractivity contribution is -0.119. The molecule has 0 radical (unpaired) electrons. The van der Waals surface area contributed by atoms with Crippen LogP contribution < -0.4 is 14.4 Å². The molecule has 1 amide bonds. The van der Waals surface area contributed by atoms with E-state index in [2.05, 4.69) is 5.32 Å². The summed E-state index contributed by atoms with van der Waals surface area (Å²) in [6, 6.07) is 17.7. The number of halogens is 2. The summed E-state index contributed by atoms with van der Waals surface area (Å²) in [6.45, 7) is -0.332. The number of nitrogens with zero attached hydrogens (tertiary/aromatic N) is 1. The van der Waals surface area contributed by atoms with Crippen molar-refractivity contribution in [3.05, 3.63) is 89.2 Å². The Bertz CT molecular complexity index is 1150. The van der Waals surface area contributed by atoms with Gasteiger partial charge in [0.25, 0.3) is 10.0 Å². The predicted molar refractivity (Wildman–Crippen MR) is 117 cm³/mol. The lowest BCUT2D eigenvalue weighted by Gasteiger charge is -2.24. The fraction of sp³-hybridized carbons (Fsp3) is 0.136. The number of hydrogen-bond acceptors (Lipinski definition) is 4. The molecule has 0 aliphatic heterocycles. The van der Waals surface area contributed by atoms with Crippen LogP contribution in [0, 0.1) is 5.82 Å². The molecule has 0 aliphatic rings. The standard InChI is InChI=1S/C22H20ClFN2O4S/c1-30-20-9-11-21(12-10-20)31(28,29)26(19-4-2-3-17(23)13-19)15-22(27)25-14-16-5-7-18(24)8-6-16/h2-13H,14-15H2,1H3,(H,25,27). The van der Waals surface area contributed by atoms with Crippen molar-refractivity contribution in [3.63, 3.8) is 0 Å². The topological polar surface area (TPSA) is 75.7 Å². The number of amides is 1. The van der Waals surface area contributed by atoms with Gasteiger partial charge in [-0.2, -0.15) is 0 Å². The van der Waals surface area contributed by atoms with E-state index in [0.29, 0.717) is 16.3 Å². The van der Waals surface area contributed by atoms with Crippen molar-refractivity contribution < 1.29 is 22.3 Å². The predicted octanol–water partition coefficient (Wildman–Crippen LogP) is 4.00. The molecule has 31 heavy (non-hydrogen) atoms. The minimum absolute atomic E-state index is 0.000361. The quantitative estimate of drug-likeness (QED) is 0.549. The van der Waals surface area contributed by atoms with Gasteiger partial charge in [0.2, 0.25) is 5.91 Å². The Kier molecular flexibility index (Phi) is 7.14. The smallest absolute Gasteiger partial charge is 0.264 e. The Labute approximate surface area is 185 Å². The normalized spacial score (nSPS) is 11.1. The monoisotopic (exact) mass is 462 g/mol. The molecule has 0 atom stereocenters. The summed E-state index contributed by atoms with van der Waals surface area (Å²) in [5.74, 6) is -0.403. The highest BCUT2D eigenvalue weighted by Crippen LogP contribution is 2.27. The summed E-state index contributed by atoms with van der Waals surface area (Å²) < 4.78 is 45.7. The molecule has 0 spiro atoms. The van der Waals surface area contributed by atoms with Gasteiger partial charge < -0.3 is 10.1 Å². The number of rotatable bonds is 8. The van der Waals surface area contributed by atoms with Crippen LogP contribution in [0.25, 0.3) is 0 Å². The zero-order valence-electron chi connectivity index (χ0n) is 16.6. The third kappa shape index (κ3) is 5.74. The minimum Gasteiger partial charge on any atom is -0.497 e. The van der Waals surface area contributed by atoms with E-state index in [-0.39, 0.29) is 22.9 Å². The average molecular weight is 463 g/mol. The Balaban J connectivity index is 1.85. The summed E-state index contributed by atoms with van der Waals surface area (Å²) >= 11 is 6.05. The van der Waals surface area contributed by atoms with Crippen LogP contribution in [0.2, 0.25) is 5.02 Å². The largest absolute Gasteiger partial charge is 0.497 e. The van der Waals surface area contributed by atoms with E-state index >= 15 is 0 Å². The Morgan fingerprint density at radius 3 is 2.35 bits per heavy atom. The van der Waals surface area contributed by atoms with E-state index in [0.717, 1.165) is 4.31 Å². The van der Waals surface area contributed by atoms with Gasteiger partial charge in [-0.15, -0.1) is 0 Å². The van der Waals surface area contributed by atoms with Gasteiger partial charge in [-0.1, -0.05) is 29.8 Å². The van der Waals surface area contributed by atoms with Crippen molar-refractivity contribution in [2.75, 3.05) is 18.0 Å². The zero-order valence-corrected chi connectivity index (χ0v) is 18.2. The molecule has 3 aromatic carbocycles. The van der Waals surface area contributed by atoms with E-state index in [1.807, 2.05) is 0 Å². The Morgan fingerprint density at radius 2 is 1.74 bits per heavy atom. The van der Waals surface area contributed by atoms with Crippen LogP contribution in [0.15, 0.2) is 77.7 Å². The van der Waals surface area contributed by atoms with Crippen molar-refractivity contribution >= 4 is 33.2 Å². The molecule has 9 heteroatoms. The molecule has 0 saturated carbocycles. The van der Waals surface area contributed by atoms with Gasteiger partial charge in [0.05, 0.1) is 17.7 Å². The van der Waals surface area contributed by atoms with Crippen molar-refractivity contribution in [1.82, 2.24) is 5.32 Å². The molecule has 3 rings (SSSR count). The summed E-state index contributed by atoms with van der Waals surface area (Å²) in [5.41, 5.74) is 0.933. The van der Waals surface area contributed by atoms with Crippen molar-refractivity contribution in [1.29, 1.82) is 0 Å². The van der Waals surface area contributed by atoms with Crippen molar-refractivity contribution in [2.45, 2.75) is 11.4 Å². The Hall–Kier alpha value is -3.10. The number of benzene rings is 3. The van der Waals surface area contributed by atoms with Crippen molar-refractivity contribution in [2.24, 2.45) is 0 Å². The highest BCUT2D eigenvalue weighted by atomic mass is 35.5. The third-order valence-electron chi connectivity index (χ3n) is 4.43. The molecule has 0 aromatic heterocycles. The summed E-state index contributed by atoms with van der Waals surface area (Å²) in [7, 11) is -2.59. The van der Waals surface area contributed by atoms with Gasteiger partial charge in [0, 0.05) is 11.6 Å². The molecule has 162 valence electrons. The number of sulfonamides is 1. The van der Waals surface area contributed by atoms with Crippen molar-refractivity contribution in [3.8, 4) is 5.75 Å². The van der Waals surface area contributed by atoms with Gasteiger partial charge >= 0.3 is 0 Å². The van der Waals surface area contributed by atoms with Crippen LogP contribution in [0.4, 0.5) is 10.1 Å². The number of methoxy groups -OCH3 is 1. The van der Waals surface area contributed by atoms with Crippen LogP contribution in [0.1, 0.15) is 5.56 Å². The van der Waals surface area contributed by atoms with E-state index in [1.165, 1.54) is 49.6 Å². The lowest BCUT2D eigenvalue weighted by atomic mass is 10.2. The number of ether oxygens (including phenoxy) is 1. The highest BCUT2D eigenvalue weighted by molar-refractivity contribution is 7.92. The molecule has 3 aromatic rings. The molecular weight excluding hydrogens is 443 g/mol. The van der Waals surface area contributed by atoms with Crippen LogP contribution in [-0.2, 0) is 21.4 Å². The van der Waals surface area contributed by atoms with E-state index < -0.39 is 22.5 Å². The van der Waals surface area contributed by atoms with Gasteiger partial charge in [-0.25, -0.2) is 12.8 Å². The summed E-state index contributed by atoms with van der Waals surface area (Å²) in [6.07, 6.45) is 0. The molecule has 0 bridgehead atoms. The first-order valence-corrected chi connectivity index (χ1v) is 11.0. The third-order valence-corrected chi connectivity index (χ3v) is 6.46. The maximum absolute atomic E-state index is 13.3. The second-order valence-electron chi connectivity index (χ2n) is 6.57. The number of carbonyl (C=O) groups excluding carboxylic acids is 1. The summed E-state index contributed by atoms with van der Waals surface area (Å²) in [5, 5.41) is 2.99. The van der Waals surface area contributed by atoms with Crippen LogP contribution in [0.3, 0.4) is 0 Å². The fourth-order valence-electron chi connectivity index (χ4n) is 2.81. The van der Waals surface area contributed by atoms with Gasteiger partial charge in [0.15, 0.2) is 0 Å². The minimum atomic E-state index is -4.07. The molecule has 0 aliphatic carbocycles. The molecule has 1 N–H and O–H groups in total. The highest BCUT2D eigenvalue weighted by Gasteiger charge is 2.27. The van der Waals surface area contributed by atoms with Gasteiger partial charge in [0.1, 0.15) is 18.1 Å². The van der Waals surface area contributed by atoms with Gasteiger partial charge in [-0.05, 0) is 60.2 Å². The van der Waals surface area contributed by atoms with E-state index in [9.17, 15) is 17.6 Å². The molecule has 0 saturated heterocycles. The number of carbonyl (C=O) groups is 1. The van der Waals surface area contributed by atoms with Crippen LogP contribution >= 0.6 is 11.6 Å². The zero-order chi connectivity index (χ0) is 22.4. The van der Waals surface area contributed by atoms with Crippen LogP contribution in [0.5, 0.6) is 5.75 Å². The number of anilines is 1. The first-order chi connectivity index (χ1) is 14.8. The molecule has 0 unspecified atom stereocenters. The number of hydrogen-bond donors (Lipinski definition) is 1. The fourth-order valence-corrected chi connectivity index (χ4v) is 4.41. The first-order valence-electron chi connectivity index (χ1n) is 9.23. The second-order valence-corrected chi connectivity index (χ2v) is 8.87. The van der Waals surface area contributed by atoms with Crippen LogP contribution in [-0.4, -0.2) is 28.0 Å². The van der Waals surface area contributed by atoms with E-state index in [4.69, 9.17) is 16.3 Å². The Morgan fingerprint density at radius 1 is 1.06 bits per heavy atom. The SMILES string of the molecule is COc1ccc(S(=O)(=O)N(CC(=O)NCc2ccc(F)cc2)c2cccc(Cl)c2)cc1. The molecular formula is C22H20ClFN2O4S. The molecule has 6 nitrogen and oxygen atoms in total.